The molecule has 0 spiro atoms. The monoisotopic (exact) mass is 336 g/mol. The lowest BCUT2D eigenvalue weighted by Gasteiger charge is -2.12. The van der Waals surface area contributed by atoms with Gasteiger partial charge in [0.1, 0.15) is 6.54 Å². The van der Waals surface area contributed by atoms with Gasteiger partial charge in [0.05, 0.1) is 11.6 Å². The maximum Gasteiger partial charge on any atom is 0.241 e. The van der Waals surface area contributed by atoms with Crippen molar-refractivity contribution in [2.45, 2.75) is 25.4 Å². The third kappa shape index (κ3) is 3.83. The van der Waals surface area contributed by atoms with Gasteiger partial charge in [0.15, 0.2) is 0 Å². The zero-order valence-corrected chi connectivity index (χ0v) is 13.8. The number of rotatable bonds is 4. The lowest BCUT2D eigenvalue weighted by Crippen LogP contribution is -2.35. The van der Waals surface area contributed by atoms with Gasteiger partial charge in [-0.3, -0.25) is 9.59 Å². The van der Waals surface area contributed by atoms with Crippen LogP contribution < -0.4 is 16.0 Å². The van der Waals surface area contributed by atoms with Gasteiger partial charge in [0.2, 0.25) is 11.8 Å². The average Bonchev–Trinajstić information content (AvgIpc) is 3.17. The Morgan fingerprint density at radius 1 is 1.35 bits per heavy atom. The van der Waals surface area contributed by atoms with Crippen LogP contribution in [-0.4, -0.2) is 36.0 Å². The molecule has 1 unspecified atom stereocenters. The van der Waals surface area contributed by atoms with E-state index in [4.69, 9.17) is 0 Å². The number of nitrogens with one attached hydrogen (secondary N) is 3. The quantitative estimate of drug-likeness (QED) is 0.792. The maximum absolute atomic E-state index is 12.2. The molecule has 1 aliphatic heterocycles. The molecule has 1 aliphatic rings. The molecule has 0 saturated carbocycles. The second kappa shape index (κ2) is 7.48. The zero-order chi connectivity index (χ0) is 15.5. The number of halogens is 1. The minimum Gasteiger partial charge on any atom is -0.358 e. The Labute approximate surface area is 141 Å². The number of aromatic nitrogens is 1. The molecule has 1 atom stereocenters. The van der Waals surface area contributed by atoms with Crippen molar-refractivity contribution in [3.63, 3.8) is 0 Å². The number of carbonyl (C=O) groups is 2. The minimum absolute atomic E-state index is 0. The van der Waals surface area contributed by atoms with Crippen LogP contribution >= 0.6 is 12.4 Å². The topological polar surface area (TPSA) is 75.2 Å². The predicted molar refractivity (Wildman–Crippen MR) is 92.9 cm³/mol. The Hall–Kier alpha value is -2.05. The van der Waals surface area contributed by atoms with Crippen molar-refractivity contribution in [3.8, 4) is 0 Å². The van der Waals surface area contributed by atoms with Crippen molar-refractivity contribution in [3.05, 3.63) is 30.5 Å². The summed E-state index contributed by atoms with van der Waals surface area (Å²) in [6.45, 7) is 1.16. The molecule has 6 nitrogen and oxygen atoms in total. The highest BCUT2D eigenvalue weighted by molar-refractivity contribution is 5.97. The summed E-state index contributed by atoms with van der Waals surface area (Å²) in [5.74, 6) is -0.0525. The van der Waals surface area contributed by atoms with Gasteiger partial charge in [-0.15, -0.1) is 12.4 Å². The fraction of sp³-hybridized carbons (Fsp3) is 0.375. The average molecular weight is 337 g/mol. The van der Waals surface area contributed by atoms with Gasteiger partial charge in [-0.05, 0) is 43.0 Å². The summed E-state index contributed by atoms with van der Waals surface area (Å²) in [7, 11) is 1.62. The van der Waals surface area contributed by atoms with Crippen molar-refractivity contribution in [2.75, 3.05) is 18.9 Å². The molecule has 2 heterocycles. The summed E-state index contributed by atoms with van der Waals surface area (Å²) < 4.78 is 1.87. The summed E-state index contributed by atoms with van der Waals surface area (Å²) in [5, 5.41) is 9.79. The first-order chi connectivity index (χ1) is 10.7. The Morgan fingerprint density at radius 3 is 2.87 bits per heavy atom. The van der Waals surface area contributed by atoms with E-state index < -0.39 is 0 Å². The summed E-state index contributed by atoms with van der Waals surface area (Å²) >= 11 is 0. The second-order valence-corrected chi connectivity index (χ2v) is 5.53. The van der Waals surface area contributed by atoms with Crippen LogP contribution in [0.2, 0.25) is 0 Å². The van der Waals surface area contributed by atoms with E-state index in [1.165, 1.54) is 0 Å². The molecule has 2 aromatic rings. The van der Waals surface area contributed by atoms with E-state index in [2.05, 4.69) is 16.0 Å². The van der Waals surface area contributed by atoms with Crippen LogP contribution in [0.5, 0.6) is 0 Å². The zero-order valence-electron chi connectivity index (χ0n) is 13.0. The highest BCUT2D eigenvalue weighted by atomic mass is 35.5. The summed E-state index contributed by atoms with van der Waals surface area (Å²) in [5.41, 5.74) is 1.68. The number of fused-ring (bicyclic) bond motifs is 1. The SMILES string of the molecule is CNC(=O)Cn1ccc2ccc(NC(=O)C3CCCN3)cc21.Cl. The summed E-state index contributed by atoms with van der Waals surface area (Å²) in [6, 6.07) is 7.61. The standard InChI is InChI=1S/C16H20N4O2.ClH/c1-17-15(21)10-20-8-6-11-4-5-12(9-14(11)20)19-16(22)13-3-2-7-18-13;/h4-6,8-9,13,18H,2-3,7,10H2,1H3,(H,17,21)(H,19,22);1H. The third-order valence-electron chi connectivity index (χ3n) is 4.01. The number of anilines is 1. The van der Waals surface area contributed by atoms with Crippen molar-refractivity contribution in [1.29, 1.82) is 0 Å². The molecule has 7 heteroatoms. The van der Waals surface area contributed by atoms with Gasteiger partial charge in [0.25, 0.3) is 0 Å². The van der Waals surface area contributed by atoms with Crippen LogP contribution in [-0.2, 0) is 16.1 Å². The molecule has 1 fully saturated rings. The van der Waals surface area contributed by atoms with E-state index in [0.717, 1.165) is 36.0 Å². The molecule has 1 aromatic carbocycles. The van der Waals surface area contributed by atoms with Gasteiger partial charge in [-0.2, -0.15) is 0 Å². The number of amides is 2. The van der Waals surface area contributed by atoms with Gasteiger partial charge in [0, 0.05) is 18.9 Å². The summed E-state index contributed by atoms with van der Waals surface area (Å²) in [4.78, 5) is 23.7. The second-order valence-electron chi connectivity index (χ2n) is 5.53. The van der Waals surface area contributed by atoms with E-state index in [1.807, 2.05) is 35.0 Å². The Balaban J connectivity index is 0.00000192. The first-order valence-corrected chi connectivity index (χ1v) is 7.51. The van der Waals surface area contributed by atoms with Gasteiger partial charge >= 0.3 is 0 Å². The summed E-state index contributed by atoms with van der Waals surface area (Å²) in [6.07, 6.45) is 3.79. The molecular weight excluding hydrogens is 316 g/mol. The van der Waals surface area contributed by atoms with E-state index >= 15 is 0 Å². The maximum atomic E-state index is 12.2. The largest absolute Gasteiger partial charge is 0.358 e. The van der Waals surface area contributed by atoms with Crippen molar-refractivity contribution in [2.24, 2.45) is 0 Å². The van der Waals surface area contributed by atoms with Gasteiger partial charge in [-0.1, -0.05) is 6.07 Å². The molecule has 3 N–H and O–H groups in total. The van der Waals surface area contributed by atoms with E-state index in [9.17, 15) is 9.59 Å². The van der Waals surface area contributed by atoms with Gasteiger partial charge in [-0.25, -0.2) is 0 Å². The molecule has 124 valence electrons. The predicted octanol–water partition coefficient (Wildman–Crippen LogP) is 1.50. The number of hydrogen-bond donors (Lipinski definition) is 3. The van der Waals surface area contributed by atoms with E-state index in [1.54, 1.807) is 7.05 Å². The molecule has 0 bridgehead atoms. The molecule has 2 amide bonds. The highest BCUT2D eigenvalue weighted by Crippen LogP contribution is 2.21. The van der Waals surface area contributed by atoms with E-state index in [0.29, 0.717) is 0 Å². The lowest BCUT2D eigenvalue weighted by molar-refractivity contribution is -0.121. The number of benzene rings is 1. The molecule has 23 heavy (non-hydrogen) atoms. The smallest absolute Gasteiger partial charge is 0.241 e. The van der Waals surface area contributed by atoms with Crippen LogP contribution in [0.3, 0.4) is 0 Å². The van der Waals surface area contributed by atoms with Crippen LogP contribution in [0.15, 0.2) is 30.5 Å². The van der Waals surface area contributed by atoms with E-state index in [-0.39, 0.29) is 36.8 Å². The molecule has 0 radical (unpaired) electrons. The number of hydrogen-bond acceptors (Lipinski definition) is 3. The minimum atomic E-state index is -0.103. The first-order valence-electron chi connectivity index (χ1n) is 7.51. The fourth-order valence-corrected chi connectivity index (χ4v) is 2.77. The molecule has 1 aromatic heterocycles. The molecule has 1 saturated heterocycles. The van der Waals surface area contributed by atoms with Crippen LogP contribution in [0.4, 0.5) is 5.69 Å². The number of nitrogens with zero attached hydrogens (tertiary/aromatic N) is 1. The normalized spacial score (nSPS) is 16.8. The van der Waals surface area contributed by atoms with Crippen molar-refractivity contribution < 1.29 is 9.59 Å². The Bertz CT molecular complexity index is 707. The van der Waals surface area contributed by atoms with Crippen LogP contribution in [0, 0.1) is 0 Å². The number of carbonyl (C=O) groups excluding carboxylic acids is 2. The third-order valence-corrected chi connectivity index (χ3v) is 4.01. The molecule has 3 rings (SSSR count). The van der Waals surface area contributed by atoms with Gasteiger partial charge < -0.3 is 20.5 Å². The molecular formula is C16H21ClN4O2. The lowest BCUT2D eigenvalue weighted by atomic mass is 10.2. The highest BCUT2D eigenvalue weighted by Gasteiger charge is 2.21. The van der Waals surface area contributed by atoms with Crippen LogP contribution in [0.25, 0.3) is 10.9 Å². The van der Waals surface area contributed by atoms with Crippen molar-refractivity contribution >= 4 is 40.8 Å². The first kappa shape index (κ1) is 17.3. The Morgan fingerprint density at radius 2 is 2.17 bits per heavy atom. The Kier molecular flexibility index (Phi) is 5.63. The fourth-order valence-electron chi connectivity index (χ4n) is 2.77. The number of likely N-dealkylation sites (N-methyl/N-ethyl adjacent to an activating group) is 1. The van der Waals surface area contributed by atoms with Crippen molar-refractivity contribution in [1.82, 2.24) is 15.2 Å². The molecule has 0 aliphatic carbocycles. The van der Waals surface area contributed by atoms with Crippen LogP contribution in [0.1, 0.15) is 12.8 Å².